The molecule has 264 valence electrons. The van der Waals surface area contributed by atoms with Gasteiger partial charge in [-0.2, -0.15) is 44.3 Å². The summed E-state index contributed by atoms with van der Waals surface area (Å²) < 4.78 is 137. The van der Waals surface area contributed by atoms with Gasteiger partial charge in [0.05, 0.1) is 23.7 Å². The largest absolute Gasteiger partial charge is 0.416 e. The van der Waals surface area contributed by atoms with E-state index in [1.165, 1.54) is 30.1 Å². The maximum atomic E-state index is 14.0. The van der Waals surface area contributed by atoms with Crippen LogP contribution in [-0.2, 0) is 38.7 Å². The molecule has 4 aromatic rings. The van der Waals surface area contributed by atoms with Crippen LogP contribution in [0.15, 0.2) is 60.7 Å². The van der Waals surface area contributed by atoms with Crippen LogP contribution in [0.1, 0.15) is 52.8 Å². The van der Waals surface area contributed by atoms with Crippen molar-refractivity contribution < 1.29 is 43.9 Å². The minimum absolute atomic E-state index is 0.000983. The molecule has 1 unspecified atom stereocenters. The Labute approximate surface area is 274 Å². The third-order valence-electron chi connectivity index (χ3n) is 8.33. The molecule has 7 nitrogen and oxygen atoms in total. The molecule has 1 aliphatic heterocycles. The lowest BCUT2D eigenvalue weighted by molar-refractivity contribution is -0.143. The Hall–Kier alpha value is -4.41. The molecular formula is C32H31F10N7. The Balaban J connectivity index is 1.51. The van der Waals surface area contributed by atoms with Crippen LogP contribution < -0.4 is 9.80 Å². The van der Waals surface area contributed by atoms with Gasteiger partial charge in [0.15, 0.2) is 0 Å². The summed E-state index contributed by atoms with van der Waals surface area (Å²) in [7, 11) is 1.38. The number of aromatic nitrogens is 4. The summed E-state index contributed by atoms with van der Waals surface area (Å²) in [5.74, 6) is -0.583. The van der Waals surface area contributed by atoms with E-state index in [4.69, 9.17) is 0 Å². The van der Waals surface area contributed by atoms with Gasteiger partial charge >= 0.3 is 18.5 Å². The number of alkyl halides is 9. The Morgan fingerprint density at radius 3 is 1.84 bits per heavy atom. The van der Waals surface area contributed by atoms with E-state index in [2.05, 4.69) is 25.2 Å². The molecule has 1 aliphatic rings. The summed E-state index contributed by atoms with van der Waals surface area (Å²) in [5.41, 5.74) is -3.00. The van der Waals surface area contributed by atoms with Crippen molar-refractivity contribution in [1.29, 1.82) is 0 Å². The zero-order valence-electron chi connectivity index (χ0n) is 26.2. The highest BCUT2D eigenvalue weighted by atomic mass is 19.4. The predicted octanol–water partition coefficient (Wildman–Crippen LogP) is 7.89. The first-order chi connectivity index (χ1) is 22.9. The number of aryl methyl sites for hydroxylation is 1. The zero-order chi connectivity index (χ0) is 35.7. The molecule has 17 heteroatoms. The summed E-state index contributed by atoms with van der Waals surface area (Å²) in [4.78, 5) is 6.36. The summed E-state index contributed by atoms with van der Waals surface area (Å²) in [5, 5.41) is 11.6. The third kappa shape index (κ3) is 8.61. The van der Waals surface area contributed by atoms with Crippen molar-refractivity contribution >= 4 is 11.6 Å². The van der Waals surface area contributed by atoms with E-state index in [-0.39, 0.29) is 23.4 Å². The van der Waals surface area contributed by atoms with Gasteiger partial charge in [0.2, 0.25) is 0 Å². The molecule has 49 heavy (non-hydrogen) atoms. The van der Waals surface area contributed by atoms with Crippen LogP contribution in [0.3, 0.4) is 0 Å². The van der Waals surface area contributed by atoms with E-state index in [9.17, 15) is 43.9 Å². The molecule has 3 aromatic carbocycles. The predicted molar refractivity (Wildman–Crippen MR) is 160 cm³/mol. The fourth-order valence-corrected chi connectivity index (χ4v) is 6.00. The van der Waals surface area contributed by atoms with Crippen LogP contribution in [-0.4, -0.2) is 51.3 Å². The minimum Gasteiger partial charge on any atom is -0.369 e. The SMILES string of the molecule is CCC(c1ccc(C(F)(F)F)cc1CN(Cc1cc(C(F)(F)F)cc(C(F)(F)F)c1)c1nnn(C)n1)N1CCN(c2ccc(F)cc2)CC1. The molecule has 0 N–H and O–H groups in total. The smallest absolute Gasteiger partial charge is 0.369 e. The topological polar surface area (TPSA) is 53.3 Å². The average molecular weight is 704 g/mol. The minimum atomic E-state index is -5.10. The molecule has 1 aromatic heterocycles. The van der Waals surface area contributed by atoms with Crippen LogP contribution in [0.4, 0.5) is 55.5 Å². The number of tetrazole rings is 1. The van der Waals surface area contributed by atoms with Crippen molar-refractivity contribution in [2.75, 3.05) is 36.0 Å². The monoisotopic (exact) mass is 703 g/mol. The van der Waals surface area contributed by atoms with Crippen molar-refractivity contribution in [3.63, 3.8) is 0 Å². The molecule has 1 fully saturated rings. The average Bonchev–Trinajstić information content (AvgIpc) is 3.47. The fraction of sp³-hybridized carbons (Fsp3) is 0.406. The van der Waals surface area contributed by atoms with Crippen molar-refractivity contribution in [1.82, 2.24) is 25.1 Å². The lowest BCUT2D eigenvalue weighted by Gasteiger charge is -2.41. The van der Waals surface area contributed by atoms with Crippen LogP contribution in [0, 0.1) is 5.82 Å². The first kappa shape index (κ1) is 35.9. The van der Waals surface area contributed by atoms with E-state index in [1.54, 1.807) is 12.1 Å². The number of rotatable bonds is 9. The van der Waals surface area contributed by atoms with Gasteiger partial charge < -0.3 is 9.80 Å². The van der Waals surface area contributed by atoms with Crippen molar-refractivity contribution in [2.24, 2.45) is 7.05 Å². The van der Waals surface area contributed by atoms with Gasteiger partial charge in [-0.3, -0.25) is 4.90 Å². The second-order valence-electron chi connectivity index (χ2n) is 11.7. The van der Waals surface area contributed by atoms with Crippen LogP contribution in [0.2, 0.25) is 0 Å². The second-order valence-corrected chi connectivity index (χ2v) is 11.7. The molecule has 0 radical (unpaired) electrons. The van der Waals surface area contributed by atoms with Gasteiger partial charge in [0.25, 0.3) is 5.95 Å². The molecular weight excluding hydrogens is 672 g/mol. The number of hydrogen-bond acceptors (Lipinski definition) is 6. The Bertz CT molecular complexity index is 1690. The van der Waals surface area contributed by atoms with Gasteiger partial charge in [-0.1, -0.05) is 18.1 Å². The van der Waals surface area contributed by atoms with E-state index < -0.39 is 59.9 Å². The van der Waals surface area contributed by atoms with Crippen LogP contribution >= 0.6 is 0 Å². The number of hydrogen-bond donors (Lipinski definition) is 0. The summed E-state index contributed by atoms with van der Waals surface area (Å²) >= 11 is 0. The fourth-order valence-electron chi connectivity index (χ4n) is 6.00. The molecule has 5 rings (SSSR count). The van der Waals surface area contributed by atoms with Crippen LogP contribution in [0.5, 0.6) is 0 Å². The van der Waals surface area contributed by atoms with Crippen molar-refractivity contribution in [3.8, 4) is 0 Å². The van der Waals surface area contributed by atoms with E-state index in [0.717, 1.165) is 22.6 Å². The Morgan fingerprint density at radius 1 is 0.735 bits per heavy atom. The quantitative estimate of drug-likeness (QED) is 0.166. The molecule has 0 bridgehead atoms. The number of nitrogens with zero attached hydrogens (tertiary/aromatic N) is 7. The summed E-state index contributed by atoms with van der Waals surface area (Å²) in [6.45, 7) is 2.97. The summed E-state index contributed by atoms with van der Waals surface area (Å²) in [6.07, 6.45) is -14.5. The third-order valence-corrected chi connectivity index (χ3v) is 8.33. The highest BCUT2D eigenvalue weighted by Crippen LogP contribution is 2.38. The lowest BCUT2D eigenvalue weighted by atomic mass is 9.93. The highest BCUT2D eigenvalue weighted by molar-refractivity contribution is 5.47. The standard InChI is InChI=1S/C32H31F10N7/c1-3-28(48-12-10-47(11-13-48)26-7-5-25(33)6-8-26)27-9-4-22(30(34,35)36)16-21(27)19-49(29-43-45-46(2)44-29)18-20-14-23(31(37,38)39)17-24(15-20)32(40,41)42/h4-9,14-17,28H,3,10-13,18-19H2,1-2H3. The van der Waals surface area contributed by atoms with E-state index in [0.29, 0.717) is 50.3 Å². The Morgan fingerprint density at radius 2 is 1.33 bits per heavy atom. The Kier molecular flexibility index (Phi) is 10.1. The maximum absolute atomic E-state index is 14.0. The highest BCUT2D eigenvalue weighted by Gasteiger charge is 2.38. The molecule has 0 amide bonds. The molecule has 0 spiro atoms. The van der Waals surface area contributed by atoms with Gasteiger partial charge in [0, 0.05) is 51.0 Å². The number of benzene rings is 3. The summed E-state index contributed by atoms with van der Waals surface area (Å²) in [6, 6.07) is 9.98. The van der Waals surface area contributed by atoms with Crippen molar-refractivity contribution in [3.05, 3.63) is 99.9 Å². The molecule has 1 saturated heterocycles. The maximum Gasteiger partial charge on any atom is 0.416 e. The van der Waals surface area contributed by atoms with E-state index >= 15 is 0 Å². The van der Waals surface area contributed by atoms with Gasteiger partial charge in [-0.15, -0.1) is 5.10 Å². The van der Waals surface area contributed by atoms with Gasteiger partial charge in [-0.25, -0.2) is 4.39 Å². The second kappa shape index (κ2) is 13.8. The van der Waals surface area contributed by atoms with Gasteiger partial charge in [-0.05, 0) is 82.9 Å². The van der Waals surface area contributed by atoms with Crippen LogP contribution in [0.25, 0.3) is 0 Å². The lowest BCUT2D eigenvalue weighted by Crippen LogP contribution is -2.47. The first-order valence-electron chi connectivity index (χ1n) is 15.1. The van der Waals surface area contributed by atoms with Gasteiger partial charge in [0.1, 0.15) is 5.82 Å². The normalized spacial score (nSPS) is 15.5. The van der Waals surface area contributed by atoms with E-state index in [1.807, 2.05) is 6.92 Å². The molecule has 0 saturated carbocycles. The molecule has 2 heterocycles. The zero-order valence-corrected chi connectivity index (χ0v) is 26.2. The molecule has 0 aliphatic carbocycles. The van der Waals surface area contributed by atoms with Crippen molar-refractivity contribution in [2.45, 2.75) is 51.0 Å². The number of piperazine rings is 1. The first-order valence-corrected chi connectivity index (χ1v) is 15.1. The number of anilines is 2. The number of halogens is 10. The molecule has 1 atom stereocenters.